The number of ether oxygens (including phenoxy) is 1. The molecule has 1 rings (SSSR count). The van der Waals surface area contributed by atoms with Crippen LogP contribution in [0.15, 0.2) is 0 Å². The van der Waals surface area contributed by atoms with Crippen molar-refractivity contribution in [3.63, 3.8) is 0 Å². The van der Waals surface area contributed by atoms with Crippen molar-refractivity contribution < 1.29 is 4.74 Å². The predicted octanol–water partition coefficient (Wildman–Crippen LogP) is 3.34. The molecule has 2 atom stereocenters. The van der Waals surface area contributed by atoms with Gasteiger partial charge in [-0.15, -0.1) is 0 Å². The molecule has 1 saturated heterocycles. The summed E-state index contributed by atoms with van der Waals surface area (Å²) < 4.78 is 6.10. The molecule has 0 spiro atoms. The zero-order valence-electron chi connectivity index (χ0n) is 12.1. The average Bonchev–Trinajstić information content (AvgIpc) is 2.14. The van der Waals surface area contributed by atoms with Crippen LogP contribution in [0.25, 0.3) is 0 Å². The maximum atomic E-state index is 6.38. The van der Waals surface area contributed by atoms with Crippen LogP contribution in [0.3, 0.4) is 0 Å². The molecule has 1 aliphatic rings. The van der Waals surface area contributed by atoms with Crippen LogP contribution in [0.2, 0.25) is 0 Å². The van der Waals surface area contributed by atoms with Crippen molar-refractivity contribution in [3.05, 3.63) is 0 Å². The maximum absolute atomic E-state index is 6.38. The molecule has 1 aliphatic heterocycles. The number of nitrogens with two attached hydrogens (primary N) is 1. The van der Waals surface area contributed by atoms with Crippen LogP contribution in [0.4, 0.5) is 0 Å². The molecule has 1 fully saturated rings. The van der Waals surface area contributed by atoms with Crippen LogP contribution in [-0.2, 0) is 4.74 Å². The first-order valence-corrected chi connectivity index (χ1v) is 6.39. The van der Waals surface area contributed by atoms with E-state index in [0.29, 0.717) is 11.3 Å². The molecule has 0 amide bonds. The van der Waals surface area contributed by atoms with Gasteiger partial charge in [0.05, 0.1) is 11.2 Å². The Morgan fingerprint density at radius 1 is 1.25 bits per heavy atom. The summed E-state index contributed by atoms with van der Waals surface area (Å²) in [6, 6.07) is 0.233. The normalized spacial score (nSPS) is 30.4. The van der Waals surface area contributed by atoms with Crippen molar-refractivity contribution in [2.75, 3.05) is 0 Å². The van der Waals surface area contributed by atoms with Gasteiger partial charge in [0.1, 0.15) is 0 Å². The van der Waals surface area contributed by atoms with Crippen LogP contribution in [-0.4, -0.2) is 17.2 Å². The Labute approximate surface area is 101 Å². The van der Waals surface area contributed by atoms with E-state index in [1.165, 1.54) is 0 Å². The Morgan fingerprint density at radius 3 is 2.06 bits per heavy atom. The third kappa shape index (κ3) is 3.46. The topological polar surface area (TPSA) is 35.2 Å². The summed E-state index contributed by atoms with van der Waals surface area (Å²) in [5.74, 6) is 0.460. The van der Waals surface area contributed by atoms with Crippen molar-refractivity contribution in [2.45, 2.75) is 78.6 Å². The van der Waals surface area contributed by atoms with Crippen molar-refractivity contribution in [1.29, 1.82) is 0 Å². The molecule has 2 heteroatoms. The lowest BCUT2D eigenvalue weighted by Gasteiger charge is -2.34. The molecule has 0 aromatic carbocycles. The lowest BCUT2D eigenvalue weighted by Crippen LogP contribution is -2.42. The molecule has 1 heterocycles. The summed E-state index contributed by atoms with van der Waals surface area (Å²) >= 11 is 0. The summed E-state index contributed by atoms with van der Waals surface area (Å²) in [4.78, 5) is 0. The monoisotopic (exact) mass is 227 g/mol. The fourth-order valence-corrected chi connectivity index (χ4v) is 3.12. The molecule has 0 aromatic heterocycles. The third-order valence-corrected chi connectivity index (χ3v) is 3.51. The lowest BCUT2D eigenvalue weighted by molar-refractivity contribution is -0.0773. The van der Waals surface area contributed by atoms with Gasteiger partial charge >= 0.3 is 0 Å². The maximum Gasteiger partial charge on any atom is 0.0677 e. The van der Waals surface area contributed by atoms with Gasteiger partial charge in [0.25, 0.3) is 0 Å². The highest BCUT2D eigenvalue weighted by Crippen LogP contribution is 2.44. The second kappa shape index (κ2) is 3.99. The SMILES string of the molecule is CC(C)(C)CC(N)C1CC(C)(C)OC1(C)C. The minimum Gasteiger partial charge on any atom is -0.369 e. The molecule has 0 bridgehead atoms. The lowest BCUT2D eigenvalue weighted by atomic mass is 9.76. The largest absolute Gasteiger partial charge is 0.369 e. The molecule has 0 aromatic rings. The summed E-state index contributed by atoms with van der Waals surface area (Å²) in [5.41, 5.74) is 6.56. The van der Waals surface area contributed by atoms with Crippen molar-refractivity contribution in [1.82, 2.24) is 0 Å². The van der Waals surface area contributed by atoms with Gasteiger partial charge in [-0.3, -0.25) is 0 Å². The molecule has 0 saturated carbocycles. The van der Waals surface area contributed by atoms with Crippen LogP contribution < -0.4 is 5.73 Å². The zero-order valence-corrected chi connectivity index (χ0v) is 12.1. The van der Waals surface area contributed by atoms with E-state index in [2.05, 4.69) is 48.5 Å². The third-order valence-electron chi connectivity index (χ3n) is 3.51. The number of hydrogen-bond acceptors (Lipinski definition) is 2. The Balaban J connectivity index is 2.73. The van der Waals surface area contributed by atoms with Crippen molar-refractivity contribution >= 4 is 0 Å². The molecule has 2 unspecified atom stereocenters. The summed E-state index contributed by atoms with van der Waals surface area (Å²) in [5, 5.41) is 0. The van der Waals surface area contributed by atoms with Crippen LogP contribution in [0, 0.1) is 11.3 Å². The van der Waals surface area contributed by atoms with Crippen LogP contribution in [0.5, 0.6) is 0 Å². The van der Waals surface area contributed by atoms with Gasteiger partial charge in [0.2, 0.25) is 0 Å². The van der Waals surface area contributed by atoms with E-state index < -0.39 is 0 Å². The van der Waals surface area contributed by atoms with Gasteiger partial charge in [0.15, 0.2) is 0 Å². The van der Waals surface area contributed by atoms with E-state index in [0.717, 1.165) is 12.8 Å². The number of hydrogen-bond donors (Lipinski definition) is 1. The first-order chi connectivity index (χ1) is 6.93. The van der Waals surface area contributed by atoms with E-state index in [1.807, 2.05) is 0 Å². The zero-order chi connectivity index (χ0) is 12.8. The highest BCUT2D eigenvalue weighted by atomic mass is 16.5. The fraction of sp³-hybridized carbons (Fsp3) is 1.00. The van der Waals surface area contributed by atoms with E-state index in [9.17, 15) is 0 Å². The van der Waals surface area contributed by atoms with Crippen LogP contribution >= 0.6 is 0 Å². The molecule has 0 aliphatic carbocycles. The van der Waals surface area contributed by atoms with Gasteiger partial charge in [-0.2, -0.15) is 0 Å². The highest BCUT2D eigenvalue weighted by molar-refractivity contribution is 4.99. The van der Waals surface area contributed by atoms with Crippen molar-refractivity contribution in [3.8, 4) is 0 Å². The summed E-state index contributed by atoms with van der Waals surface area (Å²) in [6.07, 6.45) is 2.12. The Hall–Kier alpha value is -0.0800. The quantitative estimate of drug-likeness (QED) is 0.785. The molecule has 16 heavy (non-hydrogen) atoms. The van der Waals surface area contributed by atoms with Gasteiger partial charge < -0.3 is 10.5 Å². The predicted molar refractivity (Wildman–Crippen MR) is 69.4 cm³/mol. The Bertz CT molecular complexity index is 250. The Morgan fingerprint density at radius 2 is 1.75 bits per heavy atom. The van der Waals surface area contributed by atoms with E-state index in [4.69, 9.17) is 10.5 Å². The highest BCUT2D eigenvalue weighted by Gasteiger charge is 2.48. The van der Waals surface area contributed by atoms with E-state index in [-0.39, 0.29) is 17.2 Å². The smallest absolute Gasteiger partial charge is 0.0677 e. The summed E-state index contributed by atoms with van der Waals surface area (Å²) in [7, 11) is 0. The molecular formula is C14H29NO. The molecule has 2 N–H and O–H groups in total. The molecule has 96 valence electrons. The molecular weight excluding hydrogens is 198 g/mol. The Kier molecular flexibility index (Phi) is 3.49. The van der Waals surface area contributed by atoms with E-state index >= 15 is 0 Å². The van der Waals surface area contributed by atoms with Gasteiger partial charge in [-0.1, -0.05) is 20.8 Å². The van der Waals surface area contributed by atoms with Gasteiger partial charge in [-0.05, 0) is 46.0 Å². The first kappa shape index (κ1) is 14.0. The molecule has 0 radical (unpaired) electrons. The average molecular weight is 227 g/mol. The minimum absolute atomic E-state index is 0.0241. The standard InChI is InChI=1S/C14H29NO/c1-12(2,3)9-11(15)10-8-13(4,5)16-14(10,6)7/h10-11H,8-9,15H2,1-7H3. The van der Waals surface area contributed by atoms with Gasteiger partial charge in [0, 0.05) is 12.0 Å². The first-order valence-electron chi connectivity index (χ1n) is 6.39. The van der Waals surface area contributed by atoms with Crippen LogP contribution in [0.1, 0.15) is 61.3 Å². The fourth-order valence-electron chi connectivity index (χ4n) is 3.12. The molecule has 2 nitrogen and oxygen atoms in total. The van der Waals surface area contributed by atoms with Crippen molar-refractivity contribution in [2.24, 2.45) is 17.1 Å². The summed E-state index contributed by atoms with van der Waals surface area (Å²) in [6.45, 7) is 15.4. The second-order valence-corrected chi connectivity index (χ2v) is 7.70. The van der Waals surface area contributed by atoms with Gasteiger partial charge in [-0.25, -0.2) is 0 Å². The van der Waals surface area contributed by atoms with E-state index in [1.54, 1.807) is 0 Å². The number of rotatable bonds is 2. The second-order valence-electron chi connectivity index (χ2n) is 7.70. The minimum atomic E-state index is -0.0891.